The third-order valence-electron chi connectivity index (χ3n) is 6.42. The van der Waals surface area contributed by atoms with Crippen molar-refractivity contribution in [3.05, 3.63) is 89.5 Å². The van der Waals surface area contributed by atoms with Crippen molar-refractivity contribution in [1.82, 2.24) is 0 Å². The number of hydrogen-bond acceptors (Lipinski definition) is 1. The van der Waals surface area contributed by atoms with Crippen LogP contribution in [0.3, 0.4) is 0 Å². The highest BCUT2D eigenvalue weighted by Gasteiger charge is 2.51. The number of amides is 1. The molecule has 2 heteroatoms. The summed E-state index contributed by atoms with van der Waals surface area (Å²) < 4.78 is 0. The molecule has 6 rings (SSSR count). The van der Waals surface area contributed by atoms with E-state index in [1.54, 1.807) is 0 Å². The van der Waals surface area contributed by atoms with E-state index in [0.717, 1.165) is 12.1 Å². The number of carbonyl (C=O) groups excluding carboxylic acids is 1. The summed E-state index contributed by atoms with van der Waals surface area (Å²) in [4.78, 5) is 13.2. The van der Waals surface area contributed by atoms with E-state index in [9.17, 15) is 4.79 Å². The molecule has 0 spiro atoms. The van der Waals surface area contributed by atoms with Crippen molar-refractivity contribution in [2.45, 2.75) is 25.2 Å². The maximum Gasteiger partial charge on any atom is 0.228 e. The van der Waals surface area contributed by atoms with Gasteiger partial charge in [0.2, 0.25) is 5.91 Å². The van der Waals surface area contributed by atoms with E-state index < -0.39 is 0 Å². The number of anilines is 1. The second-order valence-corrected chi connectivity index (χ2v) is 7.89. The Kier molecular flexibility index (Phi) is 3.59. The zero-order valence-electron chi connectivity index (χ0n) is 14.9. The first kappa shape index (κ1) is 15.6. The molecule has 2 aromatic carbocycles. The summed E-state index contributed by atoms with van der Waals surface area (Å²) in [5, 5.41) is 3.18. The molecule has 26 heavy (non-hydrogen) atoms. The molecule has 1 N–H and O–H groups in total. The molecule has 1 amide bonds. The molecule has 1 fully saturated rings. The van der Waals surface area contributed by atoms with Crippen LogP contribution in [0.25, 0.3) is 0 Å². The van der Waals surface area contributed by atoms with Crippen molar-refractivity contribution in [3.63, 3.8) is 0 Å². The molecule has 1 saturated carbocycles. The first-order chi connectivity index (χ1) is 12.7. The van der Waals surface area contributed by atoms with Gasteiger partial charge >= 0.3 is 0 Å². The number of aryl methyl sites for hydroxylation is 1. The molecule has 5 atom stereocenters. The molecule has 2 aromatic rings. The normalized spacial score (nSPS) is 30.6. The van der Waals surface area contributed by atoms with Crippen molar-refractivity contribution in [2.24, 2.45) is 17.8 Å². The minimum atomic E-state index is 0.0350. The Labute approximate surface area is 154 Å². The van der Waals surface area contributed by atoms with Crippen LogP contribution in [0.2, 0.25) is 0 Å². The number of allylic oxidation sites excluding steroid dienone is 4. The van der Waals surface area contributed by atoms with Gasteiger partial charge in [0.25, 0.3) is 0 Å². The molecule has 0 radical (unpaired) electrons. The van der Waals surface area contributed by atoms with Gasteiger partial charge in [-0.2, -0.15) is 0 Å². The minimum Gasteiger partial charge on any atom is -0.326 e. The first-order valence-corrected chi connectivity index (χ1v) is 9.54. The van der Waals surface area contributed by atoms with Crippen LogP contribution < -0.4 is 5.32 Å². The molecule has 0 saturated heterocycles. The third-order valence-corrected chi connectivity index (χ3v) is 6.42. The van der Waals surface area contributed by atoms with Crippen LogP contribution in [0.15, 0.2) is 72.8 Å². The van der Waals surface area contributed by atoms with Crippen molar-refractivity contribution in [3.8, 4) is 0 Å². The largest absolute Gasteiger partial charge is 0.326 e. The van der Waals surface area contributed by atoms with Gasteiger partial charge in [0.1, 0.15) is 0 Å². The Hall–Kier alpha value is -2.61. The summed E-state index contributed by atoms with van der Waals surface area (Å²) in [5.74, 6) is 1.88. The van der Waals surface area contributed by atoms with Gasteiger partial charge in [0.05, 0.1) is 0 Å². The van der Waals surface area contributed by atoms with Crippen LogP contribution in [-0.4, -0.2) is 5.91 Å². The van der Waals surface area contributed by atoms with Crippen molar-refractivity contribution >= 4 is 11.6 Å². The number of nitrogens with one attached hydrogen (secondary N) is 1. The SMILES string of the molecule is Cc1cccc(NC(=O)[C@@H]2C[C@H]3c4ccccc4[C@@H]2[C@H]2C=CC=C[C@@H]23)c1. The lowest BCUT2D eigenvalue weighted by Crippen LogP contribution is -2.46. The Morgan fingerprint density at radius 2 is 1.73 bits per heavy atom. The topological polar surface area (TPSA) is 29.1 Å². The molecule has 2 nitrogen and oxygen atoms in total. The Morgan fingerprint density at radius 1 is 0.962 bits per heavy atom. The van der Waals surface area contributed by atoms with E-state index in [1.165, 1.54) is 16.7 Å². The van der Waals surface area contributed by atoms with Crippen molar-refractivity contribution in [2.75, 3.05) is 5.32 Å². The van der Waals surface area contributed by atoms with Crippen LogP contribution >= 0.6 is 0 Å². The van der Waals surface area contributed by atoms with Gasteiger partial charge < -0.3 is 5.32 Å². The van der Waals surface area contributed by atoms with E-state index in [0.29, 0.717) is 17.8 Å². The number of benzene rings is 2. The lowest BCUT2D eigenvalue weighted by Gasteiger charge is -2.52. The summed E-state index contributed by atoms with van der Waals surface area (Å²) in [6.45, 7) is 2.05. The lowest BCUT2D eigenvalue weighted by molar-refractivity contribution is -0.122. The highest BCUT2D eigenvalue weighted by Crippen LogP contribution is 2.59. The third kappa shape index (κ3) is 2.36. The Morgan fingerprint density at radius 3 is 2.54 bits per heavy atom. The molecule has 0 aromatic heterocycles. The highest BCUT2D eigenvalue weighted by atomic mass is 16.1. The molecule has 0 aliphatic heterocycles. The predicted octanol–water partition coefficient (Wildman–Crippen LogP) is 5.19. The quantitative estimate of drug-likeness (QED) is 0.800. The van der Waals surface area contributed by atoms with Gasteiger partial charge in [-0.25, -0.2) is 0 Å². The van der Waals surface area contributed by atoms with Gasteiger partial charge in [-0.05, 0) is 59.9 Å². The zero-order valence-corrected chi connectivity index (χ0v) is 14.9. The van der Waals surface area contributed by atoms with Crippen molar-refractivity contribution < 1.29 is 4.79 Å². The fourth-order valence-electron chi connectivity index (χ4n) is 5.39. The van der Waals surface area contributed by atoms with Gasteiger partial charge in [-0.3, -0.25) is 4.79 Å². The lowest BCUT2D eigenvalue weighted by atomic mass is 9.51. The fourth-order valence-corrected chi connectivity index (χ4v) is 5.39. The van der Waals surface area contributed by atoms with E-state index >= 15 is 0 Å². The summed E-state index contributed by atoms with van der Waals surface area (Å²) in [5.41, 5.74) is 4.91. The monoisotopic (exact) mass is 341 g/mol. The Balaban J connectivity index is 1.51. The number of carbonyl (C=O) groups is 1. The van der Waals surface area contributed by atoms with Crippen LogP contribution in [0.4, 0.5) is 5.69 Å². The average Bonchev–Trinajstić information content (AvgIpc) is 2.68. The summed E-state index contributed by atoms with van der Waals surface area (Å²) in [6, 6.07) is 16.8. The van der Waals surface area contributed by atoms with Crippen LogP contribution in [0.5, 0.6) is 0 Å². The molecular weight excluding hydrogens is 318 g/mol. The summed E-state index contributed by atoms with van der Waals surface area (Å²) in [7, 11) is 0. The van der Waals surface area contributed by atoms with Crippen molar-refractivity contribution in [1.29, 1.82) is 0 Å². The molecule has 4 aliphatic carbocycles. The maximum atomic E-state index is 13.2. The number of fused-ring (bicyclic) bond motifs is 1. The van der Waals surface area contributed by atoms with E-state index in [4.69, 9.17) is 0 Å². The van der Waals surface area contributed by atoms with Gasteiger partial charge in [-0.1, -0.05) is 60.7 Å². The van der Waals surface area contributed by atoms with E-state index in [-0.39, 0.29) is 17.7 Å². The number of rotatable bonds is 2. The summed E-state index contributed by atoms with van der Waals surface area (Å²) in [6.07, 6.45) is 9.95. The summed E-state index contributed by atoms with van der Waals surface area (Å²) >= 11 is 0. The van der Waals surface area contributed by atoms with E-state index in [2.05, 4.69) is 66.9 Å². The average molecular weight is 341 g/mol. The zero-order chi connectivity index (χ0) is 17.7. The number of hydrogen-bond donors (Lipinski definition) is 1. The second-order valence-electron chi connectivity index (χ2n) is 7.89. The van der Waals surface area contributed by atoms with Crippen LogP contribution in [-0.2, 0) is 4.79 Å². The smallest absolute Gasteiger partial charge is 0.228 e. The van der Waals surface area contributed by atoms with Gasteiger partial charge in [0, 0.05) is 17.5 Å². The predicted molar refractivity (Wildman–Crippen MR) is 105 cm³/mol. The molecule has 0 heterocycles. The van der Waals surface area contributed by atoms with Crippen LogP contribution in [0, 0.1) is 24.7 Å². The standard InChI is InChI=1S/C24H23NO/c1-15-7-6-8-16(13-15)25-24(26)22-14-21-17-9-2-4-11-19(17)23(22)20-12-5-3-10-18(20)21/h2-13,17,19,21-23H,14H2,1H3,(H,25,26)/t17-,19-,21+,22+,23-/m0/s1. The molecular formula is C24H23NO. The van der Waals surface area contributed by atoms with Gasteiger partial charge in [-0.15, -0.1) is 0 Å². The molecule has 0 unspecified atom stereocenters. The second kappa shape index (κ2) is 5.98. The minimum absolute atomic E-state index is 0.0350. The molecule has 2 bridgehead atoms. The first-order valence-electron chi connectivity index (χ1n) is 9.54. The molecule has 4 aliphatic rings. The Bertz CT molecular complexity index is 925. The molecule has 130 valence electrons. The highest BCUT2D eigenvalue weighted by molar-refractivity contribution is 5.94. The van der Waals surface area contributed by atoms with Crippen LogP contribution in [0.1, 0.15) is 34.9 Å². The van der Waals surface area contributed by atoms with E-state index in [1.807, 2.05) is 18.2 Å². The maximum absolute atomic E-state index is 13.2. The van der Waals surface area contributed by atoms with Gasteiger partial charge in [0.15, 0.2) is 0 Å². The fraction of sp³-hybridized carbons (Fsp3) is 0.292.